The summed E-state index contributed by atoms with van der Waals surface area (Å²) in [6.07, 6.45) is 4.23. The molecule has 1 radical (unpaired) electrons. The second-order valence-corrected chi connectivity index (χ2v) is 5.22. The highest BCUT2D eigenvalue weighted by Gasteiger charge is 2.33. The summed E-state index contributed by atoms with van der Waals surface area (Å²) in [6.45, 7) is 2.66. The Balaban J connectivity index is 2.18. The fraction of sp³-hybridized carbons (Fsp3) is 0.500. The van der Waals surface area contributed by atoms with E-state index in [1.165, 1.54) is 0 Å². The molecule has 1 aromatic carbocycles. The number of nitrogens with two attached hydrogens (primary N) is 1. The molecule has 1 aromatic rings. The molecular formula is C16H21N2O2. The minimum Gasteiger partial charge on any atom is -0.368 e. The molecule has 20 heavy (non-hydrogen) atoms. The van der Waals surface area contributed by atoms with Gasteiger partial charge < -0.3 is 10.6 Å². The Morgan fingerprint density at radius 1 is 1.45 bits per heavy atom. The molecule has 4 heteroatoms. The fourth-order valence-corrected chi connectivity index (χ4v) is 2.74. The number of fused-ring (bicyclic) bond motifs is 1. The third kappa shape index (κ3) is 3.00. The number of carbonyl (C=O) groups is 2. The van der Waals surface area contributed by atoms with Gasteiger partial charge >= 0.3 is 0 Å². The number of benzene rings is 1. The average molecular weight is 273 g/mol. The van der Waals surface area contributed by atoms with Crippen molar-refractivity contribution in [2.24, 2.45) is 5.73 Å². The lowest BCUT2D eigenvalue weighted by Crippen LogP contribution is -2.45. The zero-order chi connectivity index (χ0) is 14.5. The first-order chi connectivity index (χ1) is 9.65. The van der Waals surface area contributed by atoms with Gasteiger partial charge in [-0.15, -0.1) is 0 Å². The summed E-state index contributed by atoms with van der Waals surface area (Å²) in [5.74, 6) is -0.429. The van der Waals surface area contributed by atoms with E-state index in [-0.39, 0.29) is 5.91 Å². The maximum Gasteiger partial charge on any atom is 0.244 e. The molecule has 1 heterocycles. The van der Waals surface area contributed by atoms with Crippen molar-refractivity contribution < 1.29 is 9.59 Å². The SMILES string of the molecule is CCCCCC(=O)N1CCc2c[c]ccc2C1C(N)=O. The van der Waals surface area contributed by atoms with Crippen LogP contribution >= 0.6 is 0 Å². The highest BCUT2D eigenvalue weighted by molar-refractivity contribution is 5.88. The molecule has 2 rings (SSSR count). The maximum absolute atomic E-state index is 12.3. The van der Waals surface area contributed by atoms with E-state index in [1.54, 1.807) is 11.0 Å². The monoisotopic (exact) mass is 273 g/mol. The Morgan fingerprint density at radius 2 is 2.25 bits per heavy atom. The molecule has 2 N–H and O–H groups in total. The number of carbonyl (C=O) groups excluding carboxylic acids is 2. The highest BCUT2D eigenvalue weighted by Crippen LogP contribution is 2.30. The lowest BCUT2D eigenvalue weighted by Gasteiger charge is -2.35. The lowest BCUT2D eigenvalue weighted by atomic mass is 9.91. The van der Waals surface area contributed by atoms with Gasteiger partial charge in [0.2, 0.25) is 11.8 Å². The summed E-state index contributed by atoms with van der Waals surface area (Å²) < 4.78 is 0. The van der Waals surface area contributed by atoms with Crippen molar-refractivity contribution in [3.63, 3.8) is 0 Å². The molecule has 0 aliphatic carbocycles. The van der Waals surface area contributed by atoms with Crippen LogP contribution in [0.15, 0.2) is 18.2 Å². The van der Waals surface area contributed by atoms with Crippen LogP contribution in [0.1, 0.15) is 49.8 Å². The van der Waals surface area contributed by atoms with Gasteiger partial charge in [0.1, 0.15) is 6.04 Å². The van der Waals surface area contributed by atoms with Crippen LogP contribution in [0.25, 0.3) is 0 Å². The molecule has 0 saturated heterocycles. The van der Waals surface area contributed by atoms with Crippen molar-refractivity contribution in [3.05, 3.63) is 35.4 Å². The van der Waals surface area contributed by atoms with E-state index in [0.29, 0.717) is 13.0 Å². The van der Waals surface area contributed by atoms with Gasteiger partial charge in [-0.25, -0.2) is 0 Å². The van der Waals surface area contributed by atoms with Gasteiger partial charge in [-0.05, 0) is 30.0 Å². The number of hydrogen-bond donors (Lipinski definition) is 1. The molecule has 1 aliphatic heterocycles. The summed E-state index contributed by atoms with van der Waals surface area (Å²) in [5.41, 5.74) is 7.44. The molecule has 107 valence electrons. The molecule has 1 atom stereocenters. The van der Waals surface area contributed by atoms with Crippen LogP contribution in [0.2, 0.25) is 0 Å². The number of amides is 2. The number of hydrogen-bond acceptors (Lipinski definition) is 2. The predicted molar refractivity (Wildman–Crippen MR) is 76.8 cm³/mol. The van der Waals surface area contributed by atoms with E-state index in [2.05, 4.69) is 13.0 Å². The van der Waals surface area contributed by atoms with E-state index in [0.717, 1.165) is 36.8 Å². The normalized spacial score (nSPS) is 17.6. The zero-order valence-electron chi connectivity index (χ0n) is 11.9. The van der Waals surface area contributed by atoms with Crippen LogP contribution in [-0.2, 0) is 16.0 Å². The van der Waals surface area contributed by atoms with Gasteiger partial charge in [0.25, 0.3) is 0 Å². The summed E-state index contributed by atoms with van der Waals surface area (Å²) in [5, 5.41) is 0. The van der Waals surface area contributed by atoms with Crippen LogP contribution in [0.4, 0.5) is 0 Å². The summed E-state index contributed by atoms with van der Waals surface area (Å²) in [6, 6.07) is 7.87. The summed E-state index contributed by atoms with van der Waals surface area (Å²) >= 11 is 0. The molecule has 4 nitrogen and oxygen atoms in total. The van der Waals surface area contributed by atoms with E-state index >= 15 is 0 Å². The Morgan fingerprint density at radius 3 is 2.95 bits per heavy atom. The molecule has 1 aliphatic rings. The predicted octanol–water partition coefficient (Wildman–Crippen LogP) is 1.98. The maximum atomic E-state index is 12.3. The smallest absolute Gasteiger partial charge is 0.244 e. The minimum absolute atomic E-state index is 0.0285. The number of nitrogens with zero attached hydrogens (tertiary/aromatic N) is 1. The molecule has 1 unspecified atom stereocenters. The Kier molecular flexibility index (Phi) is 4.77. The van der Waals surface area contributed by atoms with Gasteiger partial charge in [0.15, 0.2) is 0 Å². The molecule has 2 amide bonds. The van der Waals surface area contributed by atoms with Crippen molar-refractivity contribution in [2.75, 3.05) is 6.54 Å². The topological polar surface area (TPSA) is 63.4 Å². The minimum atomic E-state index is -0.623. The van der Waals surface area contributed by atoms with E-state index in [1.807, 2.05) is 12.1 Å². The third-order valence-electron chi connectivity index (χ3n) is 3.80. The number of rotatable bonds is 5. The summed E-state index contributed by atoms with van der Waals surface area (Å²) in [7, 11) is 0. The van der Waals surface area contributed by atoms with Gasteiger partial charge in [-0.3, -0.25) is 9.59 Å². The fourth-order valence-electron chi connectivity index (χ4n) is 2.74. The lowest BCUT2D eigenvalue weighted by molar-refractivity contribution is -0.140. The highest BCUT2D eigenvalue weighted by atomic mass is 16.2. The molecule has 0 aromatic heterocycles. The molecule has 0 saturated carbocycles. The molecule has 0 spiro atoms. The second-order valence-electron chi connectivity index (χ2n) is 5.22. The standard InChI is InChI=1S/C16H21N2O2/c1-2-3-4-9-14(19)18-11-10-12-7-5-6-8-13(12)15(18)16(17)20/h6-8,15H,2-4,9-11H2,1H3,(H2,17,20). The van der Waals surface area contributed by atoms with Gasteiger partial charge in [-0.2, -0.15) is 0 Å². The van der Waals surface area contributed by atoms with Crippen LogP contribution in [-0.4, -0.2) is 23.3 Å². The van der Waals surface area contributed by atoms with Crippen molar-refractivity contribution in [1.29, 1.82) is 0 Å². The Labute approximate surface area is 119 Å². The first kappa shape index (κ1) is 14.6. The largest absolute Gasteiger partial charge is 0.368 e. The van der Waals surface area contributed by atoms with E-state index in [4.69, 9.17) is 5.73 Å². The first-order valence-electron chi connectivity index (χ1n) is 7.22. The van der Waals surface area contributed by atoms with Gasteiger partial charge in [-0.1, -0.05) is 38.0 Å². The first-order valence-corrected chi connectivity index (χ1v) is 7.22. The van der Waals surface area contributed by atoms with Crippen molar-refractivity contribution >= 4 is 11.8 Å². The van der Waals surface area contributed by atoms with Gasteiger partial charge in [0, 0.05) is 13.0 Å². The van der Waals surface area contributed by atoms with Crippen LogP contribution in [0.3, 0.4) is 0 Å². The van der Waals surface area contributed by atoms with Crippen molar-refractivity contribution in [3.8, 4) is 0 Å². The molecular weight excluding hydrogens is 252 g/mol. The quantitative estimate of drug-likeness (QED) is 0.834. The van der Waals surface area contributed by atoms with Crippen molar-refractivity contribution in [1.82, 2.24) is 4.90 Å². The Bertz CT molecular complexity index is 499. The van der Waals surface area contributed by atoms with Gasteiger partial charge in [0.05, 0.1) is 0 Å². The summed E-state index contributed by atoms with van der Waals surface area (Å²) in [4.78, 5) is 25.7. The van der Waals surface area contributed by atoms with Crippen LogP contribution in [0.5, 0.6) is 0 Å². The van der Waals surface area contributed by atoms with E-state index < -0.39 is 11.9 Å². The number of primary amides is 1. The van der Waals surface area contributed by atoms with Crippen LogP contribution < -0.4 is 5.73 Å². The number of unbranched alkanes of at least 4 members (excludes halogenated alkanes) is 2. The van der Waals surface area contributed by atoms with E-state index in [9.17, 15) is 9.59 Å². The van der Waals surface area contributed by atoms with Crippen LogP contribution in [0, 0.1) is 6.07 Å². The third-order valence-corrected chi connectivity index (χ3v) is 3.80. The molecule has 0 fully saturated rings. The Hall–Kier alpha value is -1.84. The second kappa shape index (κ2) is 6.55. The molecule has 0 bridgehead atoms. The average Bonchev–Trinajstić information content (AvgIpc) is 2.45. The van der Waals surface area contributed by atoms with Crippen molar-refractivity contribution in [2.45, 2.75) is 45.1 Å². The zero-order valence-corrected chi connectivity index (χ0v) is 11.9.